The molecule has 2 atom stereocenters. The largest absolute Gasteiger partial charge is 0.493 e. The van der Waals surface area contributed by atoms with Crippen LogP contribution in [0.2, 0.25) is 5.02 Å². The number of carbonyl (C=O) groups is 2. The predicted octanol–water partition coefficient (Wildman–Crippen LogP) is 2.66. The molecule has 202 valence electrons. The molecule has 1 aliphatic rings. The summed E-state index contributed by atoms with van der Waals surface area (Å²) in [5.41, 5.74) is 0.790. The first-order valence-electron chi connectivity index (χ1n) is 11.4. The SMILES string of the molecule is COc1cccc(C2OC(CC(=O)NS(C)(=O)=O)C(=O)N(CC(C)(C)CO)c3ccc(Cl)cc32)c1OC. The van der Waals surface area contributed by atoms with Crippen LogP contribution < -0.4 is 19.1 Å². The van der Waals surface area contributed by atoms with Gasteiger partial charge < -0.3 is 24.2 Å². The van der Waals surface area contributed by atoms with E-state index in [1.807, 2.05) is 4.72 Å². The van der Waals surface area contributed by atoms with E-state index in [0.717, 1.165) is 6.26 Å². The van der Waals surface area contributed by atoms with Crippen LogP contribution in [-0.4, -0.2) is 65.1 Å². The number of nitrogens with one attached hydrogen (secondary N) is 1. The van der Waals surface area contributed by atoms with Crippen LogP contribution in [0.5, 0.6) is 11.5 Å². The first kappa shape index (κ1) is 28.7. The molecule has 2 aromatic carbocycles. The van der Waals surface area contributed by atoms with E-state index in [1.54, 1.807) is 50.2 Å². The normalized spacial score (nSPS) is 18.1. The minimum atomic E-state index is -3.86. The third kappa shape index (κ3) is 6.72. The fraction of sp³-hybridized carbons (Fsp3) is 0.440. The fourth-order valence-electron chi connectivity index (χ4n) is 4.12. The Morgan fingerprint density at radius 3 is 2.49 bits per heavy atom. The average Bonchev–Trinajstić information content (AvgIpc) is 2.92. The van der Waals surface area contributed by atoms with Gasteiger partial charge in [-0.3, -0.25) is 14.3 Å². The Kier molecular flexibility index (Phi) is 8.74. The molecule has 0 aromatic heterocycles. The topological polar surface area (TPSA) is 131 Å². The molecule has 1 heterocycles. The van der Waals surface area contributed by atoms with Gasteiger partial charge in [0.15, 0.2) is 11.5 Å². The van der Waals surface area contributed by atoms with Crippen LogP contribution in [0.15, 0.2) is 36.4 Å². The van der Waals surface area contributed by atoms with Crippen molar-refractivity contribution >= 4 is 39.1 Å². The molecule has 2 amide bonds. The standard InChI is InChI=1S/C25H31ClN2O8S/c1-25(2,14-29)13-28-18-10-9-15(26)11-17(18)22(16-7-6-8-19(34-3)23(16)35-4)36-20(24(28)31)12-21(30)27-37(5,32)33/h6-11,20,22,29H,12-14H2,1-5H3,(H,27,30). The number of ether oxygens (including phenoxy) is 3. The summed E-state index contributed by atoms with van der Waals surface area (Å²) in [4.78, 5) is 27.9. The van der Waals surface area contributed by atoms with Gasteiger partial charge in [0.25, 0.3) is 5.91 Å². The second-order valence-corrected chi connectivity index (χ2v) is 11.7. The third-order valence-electron chi connectivity index (χ3n) is 5.80. The van der Waals surface area contributed by atoms with Gasteiger partial charge in [-0.25, -0.2) is 8.42 Å². The van der Waals surface area contributed by atoms with Crippen molar-refractivity contribution in [1.29, 1.82) is 0 Å². The minimum Gasteiger partial charge on any atom is -0.493 e. The zero-order valence-electron chi connectivity index (χ0n) is 21.3. The lowest BCUT2D eigenvalue weighted by Gasteiger charge is -2.32. The number of benzene rings is 2. The Balaban J connectivity index is 2.23. The smallest absolute Gasteiger partial charge is 0.256 e. The number of nitrogens with zero attached hydrogens (tertiary/aromatic N) is 1. The minimum absolute atomic E-state index is 0.0898. The summed E-state index contributed by atoms with van der Waals surface area (Å²) in [6.07, 6.45) is -2.03. The number of amides is 2. The quantitative estimate of drug-likeness (QED) is 0.483. The maximum atomic E-state index is 13.8. The van der Waals surface area contributed by atoms with Crippen LogP contribution in [-0.2, 0) is 24.3 Å². The number of para-hydroxylation sites is 1. The zero-order chi connectivity index (χ0) is 27.5. The highest BCUT2D eigenvalue weighted by Gasteiger charge is 2.40. The Bertz CT molecular complexity index is 1280. The number of hydrogen-bond donors (Lipinski definition) is 2. The number of aliphatic hydroxyl groups excluding tert-OH is 1. The predicted molar refractivity (Wildman–Crippen MR) is 139 cm³/mol. The van der Waals surface area contributed by atoms with Crippen molar-refractivity contribution < 1.29 is 37.3 Å². The number of hydrogen-bond acceptors (Lipinski definition) is 8. The summed E-state index contributed by atoms with van der Waals surface area (Å²) in [5, 5.41) is 10.3. The molecule has 10 nitrogen and oxygen atoms in total. The van der Waals surface area contributed by atoms with Crippen LogP contribution >= 0.6 is 11.6 Å². The molecule has 2 aromatic rings. The van der Waals surface area contributed by atoms with E-state index in [4.69, 9.17) is 25.8 Å². The van der Waals surface area contributed by atoms with Crippen LogP contribution in [0.1, 0.15) is 37.5 Å². The summed E-state index contributed by atoms with van der Waals surface area (Å²) < 4.78 is 42.5. The molecule has 3 rings (SSSR count). The lowest BCUT2D eigenvalue weighted by atomic mass is 9.92. The van der Waals surface area contributed by atoms with Gasteiger partial charge in [-0.15, -0.1) is 0 Å². The Hall–Kier alpha value is -2.86. The van der Waals surface area contributed by atoms with Gasteiger partial charge in [-0.05, 0) is 24.3 Å². The van der Waals surface area contributed by atoms with Crippen molar-refractivity contribution in [3.05, 3.63) is 52.5 Å². The molecule has 12 heteroatoms. The fourth-order valence-corrected chi connectivity index (χ4v) is 4.80. The number of methoxy groups -OCH3 is 2. The number of fused-ring (bicyclic) bond motifs is 1. The summed E-state index contributed by atoms with van der Waals surface area (Å²) in [6.45, 7) is 3.45. The van der Waals surface area contributed by atoms with Crippen molar-refractivity contribution in [1.82, 2.24) is 4.72 Å². The molecule has 37 heavy (non-hydrogen) atoms. The van der Waals surface area contributed by atoms with E-state index in [-0.39, 0.29) is 13.2 Å². The highest BCUT2D eigenvalue weighted by Crippen LogP contribution is 2.45. The average molecular weight is 555 g/mol. The van der Waals surface area contributed by atoms with Crippen molar-refractivity contribution in [2.45, 2.75) is 32.5 Å². The van der Waals surface area contributed by atoms with Gasteiger partial charge in [-0.2, -0.15) is 0 Å². The summed E-state index contributed by atoms with van der Waals surface area (Å²) in [5.74, 6) is -0.690. The molecule has 2 N–H and O–H groups in total. The summed E-state index contributed by atoms with van der Waals surface area (Å²) in [7, 11) is -0.904. The van der Waals surface area contributed by atoms with Crippen LogP contribution in [0.25, 0.3) is 0 Å². The molecule has 0 radical (unpaired) electrons. The number of rotatable bonds is 9. The molecule has 1 aliphatic heterocycles. The Morgan fingerprint density at radius 1 is 1.19 bits per heavy atom. The van der Waals surface area contributed by atoms with Crippen molar-refractivity contribution in [3.8, 4) is 11.5 Å². The molecular weight excluding hydrogens is 524 g/mol. The third-order valence-corrected chi connectivity index (χ3v) is 6.64. The number of carbonyl (C=O) groups excluding carboxylic acids is 2. The van der Waals surface area contributed by atoms with E-state index in [1.165, 1.54) is 19.1 Å². The number of aliphatic hydroxyl groups is 1. The van der Waals surface area contributed by atoms with Gasteiger partial charge in [-0.1, -0.05) is 37.6 Å². The molecule has 0 saturated heterocycles. The van der Waals surface area contributed by atoms with Crippen molar-refractivity contribution in [2.75, 3.05) is 38.5 Å². The lowest BCUT2D eigenvalue weighted by molar-refractivity contribution is -0.137. The van der Waals surface area contributed by atoms with Crippen LogP contribution in [0, 0.1) is 5.41 Å². The molecular formula is C25H31ClN2O8S. The molecule has 0 aliphatic carbocycles. The molecule has 0 fully saturated rings. The van der Waals surface area contributed by atoms with Crippen LogP contribution in [0.4, 0.5) is 5.69 Å². The maximum Gasteiger partial charge on any atom is 0.256 e. The van der Waals surface area contributed by atoms with E-state index >= 15 is 0 Å². The number of sulfonamides is 1. The number of halogens is 1. The highest BCUT2D eigenvalue weighted by atomic mass is 35.5. The number of anilines is 1. The second kappa shape index (κ2) is 11.3. The van der Waals surface area contributed by atoms with Crippen molar-refractivity contribution in [2.24, 2.45) is 5.41 Å². The lowest BCUT2D eigenvalue weighted by Crippen LogP contribution is -2.46. The monoisotopic (exact) mass is 554 g/mol. The molecule has 0 saturated carbocycles. The molecule has 0 bridgehead atoms. The zero-order valence-corrected chi connectivity index (χ0v) is 22.9. The first-order valence-corrected chi connectivity index (χ1v) is 13.7. The van der Waals surface area contributed by atoms with Gasteiger partial charge in [0.1, 0.15) is 12.2 Å². The van der Waals surface area contributed by atoms with Crippen molar-refractivity contribution in [3.63, 3.8) is 0 Å². The van der Waals surface area contributed by atoms with Gasteiger partial charge in [0.2, 0.25) is 15.9 Å². The van der Waals surface area contributed by atoms with E-state index in [9.17, 15) is 23.1 Å². The van der Waals surface area contributed by atoms with E-state index in [2.05, 4.69) is 0 Å². The highest BCUT2D eigenvalue weighted by molar-refractivity contribution is 7.89. The summed E-state index contributed by atoms with van der Waals surface area (Å²) >= 11 is 6.37. The Morgan fingerprint density at radius 2 is 1.89 bits per heavy atom. The first-order chi connectivity index (χ1) is 17.3. The van der Waals surface area contributed by atoms with Gasteiger partial charge >= 0.3 is 0 Å². The molecule has 0 spiro atoms. The molecule has 2 unspecified atom stereocenters. The van der Waals surface area contributed by atoms with E-state index < -0.39 is 45.9 Å². The van der Waals surface area contributed by atoms with Gasteiger partial charge in [0, 0.05) is 40.4 Å². The van der Waals surface area contributed by atoms with E-state index in [0.29, 0.717) is 33.3 Å². The van der Waals surface area contributed by atoms with Gasteiger partial charge in [0.05, 0.1) is 26.9 Å². The van der Waals surface area contributed by atoms with Crippen LogP contribution in [0.3, 0.4) is 0 Å². The summed E-state index contributed by atoms with van der Waals surface area (Å²) in [6, 6.07) is 10.1. The Labute approximate surface area is 221 Å². The maximum absolute atomic E-state index is 13.8. The second-order valence-electron chi connectivity index (χ2n) is 9.54.